The normalized spacial score (nSPS) is 15.1. The first-order valence-corrected chi connectivity index (χ1v) is 7.04. The van der Waals surface area contributed by atoms with E-state index in [1.54, 1.807) is 6.26 Å². The molecule has 20 heavy (non-hydrogen) atoms. The monoisotopic (exact) mass is 273 g/mol. The van der Waals surface area contributed by atoms with Crippen LogP contribution in [-0.2, 0) is 19.5 Å². The minimum atomic E-state index is 0.704. The molecule has 0 radical (unpaired) electrons. The fraction of sp³-hybridized carbons (Fsp3) is 0.500. The molecule has 6 nitrogen and oxygen atoms in total. The Morgan fingerprint density at radius 2 is 2.20 bits per heavy atom. The van der Waals surface area contributed by atoms with Gasteiger partial charge in [0.15, 0.2) is 0 Å². The molecule has 1 N–H and O–H groups in total. The lowest BCUT2D eigenvalue weighted by molar-refractivity contribution is 0.244. The van der Waals surface area contributed by atoms with E-state index >= 15 is 0 Å². The van der Waals surface area contributed by atoms with Gasteiger partial charge in [0.1, 0.15) is 6.26 Å². The number of aromatic nitrogens is 3. The van der Waals surface area contributed by atoms with E-state index in [0.717, 1.165) is 50.3 Å². The van der Waals surface area contributed by atoms with Gasteiger partial charge >= 0.3 is 0 Å². The summed E-state index contributed by atoms with van der Waals surface area (Å²) in [6.07, 6.45) is 7.56. The van der Waals surface area contributed by atoms with Gasteiger partial charge in [0.05, 0.1) is 5.69 Å². The molecule has 6 heteroatoms. The summed E-state index contributed by atoms with van der Waals surface area (Å²) in [5.41, 5.74) is 3.42. The lowest BCUT2D eigenvalue weighted by Gasteiger charge is -2.25. The fourth-order valence-corrected chi connectivity index (χ4v) is 2.36. The Morgan fingerprint density at radius 3 is 3.00 bits per heavy atom. The lowest BCUT2D eigenvalue weighted by atomic mass is 10.1. The predicted molar refractivity (Wildman–Crippen MR) is 75.1 cm³/mol. The van der Waals surface area contributed by atoms with Crippen LogP contribution in [0.2, 0.25) is 0 Å². The third kappa shape index (κ3) is 2.96. The van der Waals surface area contributed by atoms with Crippen LogP contribution in [0.1, 0.15) is 30.2 Å². The largest absolute Gasteiger partial charge is 0.364 e. The molecule has 106 valence electrons. The SMILES string of the molecule is CCCNc1ncc(CN2CCc3nocc3C2)cn1. The number of anilines is 1. The molecule has 1 aliphatic rings. The smallest absolute Gasteiger partial charge is 0.222 e. The molecular formula is C14H19N5O. The van der Waals surface area contributed by atoms with Crippen LogP contribution in [0.15, 0.2) is 23.2 Å². The summed E-state index contributed by atoms with van der Waals surface area (Å²) >= 11 is 0. The molecule has 0 bridgehead atoms. The standard InChI is InChI=1S/C14H19N5O/c1-2-4-15-14-16-6-11(7-17-14)8-19-5-3-13-12(9-19)10-20-18-13/h6-7,10H,2-5,8-9H2,1H3,(H,15,16,17). The molecule has 0 atom stereocenters. The number of nitrogens with zero attached hydrogens (tertiary/aromatic N) is 4. The second kappa shape index (κ2) is 6.00. The van der Waals surface area contributed by atoms with E-state index in [0.29, 0.717) is 5.95 Å². The molecule has 3 heterocycles. The van der Waals surface area contributed by atoms with Gasteiger partial charge in [0, 0.05) is 56.1 Å². The Morgan fingerprint density at radius 1 is 1.35 bits per heavy atom. The first kappa shape index (κ1) is 13.1. The highest BCUT2D eigenvalue weighted by molar-refractivity contribution is 5.24. The molecule has 0 unspecified atom stereocenters. The van der Waals surface area contributed by atoms with Crippen molar-refractivity contribution in [2.24, 2.45) is 0 Å². The highest BCUT2D eigenvalue weighted by Crippen LogP contribution is 2.18. The summed E-state index contributed by atoms with van der Waals surface area (Å²) in [5.74, 6) is 0.704. The molecule has 0 saturated heterocycles. The van der Waals surface area contributed by atoms with Crippen molar-refractivity contribution in [3.05, 3.63) is 35.5 Å². The minimum Gasteiger partial charge on any atom is -0.364 e. The van der Waals surface area contributed by atoms with Gasteiger partial charge < -0.3 is 9.84 Å². The van der Waals surface area contributed by atoms with Crippen LogP contribution in [0, 0.1) is 0 Å². The summed E-state index contributed by atoms with van der Waals surface area (Å²) in [7, 11) is 0. The second-order valence-electron chi connectivity index (χ2n) is 5.09. The summed E-state index contributed by atoms with van der Waals surface area (Å²) < 4.78 is 5.01. The summed E-state index contributed by atoms with van der Waals surface area (Å²) in [5, 5.41) is 7.18. The van der Waals surface area contributed by atoms with E-state index in [1.807, 2.05) is 12.4 Å². The third-order valence-electron chi connectivity index (χ3n) is 3.43. The van der Waals surface area contributed by atoms with Crippen molar-refractivity contribution in [1.29, 1.82) is 0 Å². The second-order valence-corrected chi connectivity index (χ2v) is 5.09. The van der Waals surface area contributed by atoms with E-state index in [2.05, 4.69) is 32.3 Å². The van der Waals surface area contributed by atoms with Gasteiger partial charge in [0.2, 0.25) is 5.95 Å². The zero-order chi connectivity index (χ0) is 13.8. The Labute approximate surface area is 118 Å². The zero-order valence-corrected chi connectivity index (χ0v) is 11.7. The summed E-state index contributed by atoms with van der Waals surface area (Å²) in [6, 6.07) is 0. The lowest BCUT2D eigenvalue weighted by Crippen LogP contribution is -2.29. The molecule has 0 saturated carbocycles. The highest BCUT2D eigenvalue weighted by Gasteiger charge is 2.19. The molecule has 2 aromatic heterocycles. The van der Waals surface area contributed by atoms with Crippen LogP contribution in [0.5, 0.6) is 0 Å². The maximum atomic E-state index is 5.01. The molecule has 0 amide bonds. The van der Waals surface area contributed by atoms with Gasteiger partial charge in [-0.05, 0) is 6.42 Å². The fourth-order valence-electron chi connectivity index (χ4n) is 2.36. The Balaban J connectivity index is 1.58. The highest BCUT2D eigenvalue weighted by atomic mass is 16.5. The maximum absolute atomic E-state index is 5.01. The van der Waals surface area contributed by atoms with E-state index < -0.39 is 0 Å². The van der Waals surface area contributed by atoms with Crippen molar-refractivity contribution < 1.29 is 4.52 Å². The molecule has 0 aliphatic carbocycles. The van der Waals surface area contributed by atoms with Crippen LogP contribution in [0.3, 0.4) is 0 Å². The molecule has 1 aliphatic heterocycles. The van der Waals surface area contributed by atoms with Crippen LogP contribution in [0.4, 0.5) is 5.95 Å². The number of rotatable bonds is 5. The number of hydrogen-bond acceptors (Lipinski definition) is 6. The number of nitrogens with one attached hydrogen (secondary N) is 1. The van der Waals surface area contributed by atoms with E-state index in [9.17, 15) is 0 Å². The first-order chi connectivity index (χ1) is 9.85. The Bertz CT molecular complexity index is 551. The molecule has 2 aromatic rings. The van der Waals surface area contributed by atoms with Crippen LogP contribution >= 0.6 is 0 Å². The Kier molecular flexibility index (Phi) is 3.92. The van der Waals surface area contributed by atoms with Crippen molar-refractivity contribution in [2.45, 2.75) is 32.9 Å². The average molecular weight is 273 g/mol. The minimum absolute atomic E-state index is 0.704. The van der Waals surface area contributed by atoms with Gasteiger partial charge in [0.25, 0.3) is 0 Å². The van der Waals surface area contributed by atoms with E-state index in [4.69, 9.17) is 4.52 Å². The van der Waals surface area contributed by atoms with E-state index in [1.165, 1.54) is 5.56 Å². The number of hydrogen-bond donors (Lipinski definition) is 1. The topological polar surface area (TPSA) is 67.1 Å². The average Bonchev–Trinajstić information content (AvgIpc) is 2.94. The van der Waals surface area contributed by atoms with Crippen LogP contribution in [-0.4, -0.2) is 33.1 Å². The molecule has 0 spiro atoms. The quantitative estimate of drug-likeness (QED) is 0.896. The van der Waals surface area contributed by atoms with Crippen LogP contribution in [0.25, 0.3) is 0 Å². The van der Waals surface area contributed by atoms with Crippen molar-refractivity contribution in [3.63, 3.8) is 0 Å². The van der Waals surface area contributed by atoms with Gasteiger partial charge in [-0.2, -0.15) is 0 Å². The number of fused-ring (bicyclic) bond motifs is 1. The van der Waals surface area contributed by atoms with Crippen molar-refractivity contribution in [1.82, 2.24) is 20.0 Å². The molecular weight excluding hydrogens is 254 g/mol. The molecule has 0 fully saturated rings. The molecule has 3 rings (SSSR count). The summed E-state index contributed by atoms with van der Waals surface area (Å²) in [4.78, 5) is 11.0. The van der Waals surface area contributed by atoms with Crippen molar-refractivity contribution >= 4 is 5.95 Å². The zero-order valence-electron chi connectivity index (χ0n) is 11.7. The van der Waals surface area contributed by atoms with Gasteiger partial charge in [-0.1, -0.05) is 12.1 Å². The summed E-state index contributed by atoms with van der Waals surface area (Å²) in [6.45, 7) is 5.77. The van der Waals surface area contributed by atoms with Gasteiger partial charge in [-0.3, -0.25) is 4.90 Å². The maximum Gasteiger partial charge on any atom is 0.222 e. The predicted octanol–water partition coefficient (Wildman–Crippen LogP) is 1.84. The van der Waals surface area contributed by atoms with E-state index in [-0.39, 0.29) is 0 Å². The first-order valence-electron chi connectivity index (χ1n) is 7.04. The van der Waals surface area contributed by atoms with Crippen molar-refractivity contribution in [2.75, 3.05) is 18.4 Å². The van der Waals surface area contributed by atoms with Crippen LogP contribution < -0.4 is 5.32 Å². The molecule has 0 aromatic carbocycles. The van der Waals surface area contributed by atoms with Gasteiger partial charge in [-0.15, -0.1) is 0 Å². The Hall–Kier alpha value is -1.95. The third-order valence-corrected chi connectivity index (χ3v) is 3.43. The van der Waals surface area contributed by atoms with Gasteiger partial charge in [-0.25, -0.2) is 9.97 Å². The van der Waals surface area contributed by atoms with Crippen molar-refractivity contribution in [3.8, 4) is 0 Å².